The third kappa shape index (κ3) is 2.94. The second kappa shape index (κ2) is 5.14. The van der Waals surface area contributed by atoms with Gasteiger partial charge in [0.05, 0.1) is 22.2 Å². The fraction of sp³-hybridized carbons (Fsp3) is 0.0833. The summed E-state index contributed by atoms with van der Waals surface area (Å²) < 4.78 is 37.5. The molecule has 1 heterocycles. The molecule has 0 saturated heterocycles. The van der Waals surface area contributed by atoms with Gasteiger partial charge in [0.1, 0.15) is 0 Å². The Kier molecular flexibility index (Phi) is 3.58. The Morgan fingerprint density at radius 1 is 1.12 bits per heavy atom. The van der Waals surface area contributed by atoms with E-state index in [1.807, 2.05) is 0 Å². The number of pyridine rings is 1. The van der Waals surface area contributed by atoms with Gasteiger partial charge in [-0.25, -0.2) is 8.78 Å². The standard InChI is InChI=1S/C12H9F2NOS/c13-11-5-4-10(7-12(11)14)17(16)8-9-3-1-2-6-15-9/h1-7H,8H2/t17-/m1/s1. The second-order valence-corrected chi connectivity index (χ2v) is 4.84. The van der Waals surface area contributed by atoms with Crippen molar-refractivity contribution in [3.63, 3.8) is 0 Å². The third-order valence-corrected chi connectivity index (χ3v) is 3.50. The van der Waals surface area contributed by atoms with Gasteiger partial charge in [-0.1, -0.05) is 6.07 Å². The van der Waals surface area contributed by atoms with Gasteiger partial charge in [-0.2, -0.15) is 0 Å². The summed E-state index contributed by atoms with van der Waals surface area (Å²) in [6.45, 7) is 0. The van der Waals surface area contributed by atoms with Gasteiger partial charge >= 0.3 is 0 Å². The SMILES string of the molecule is O=[S@](Cc1ccccn1)c1ccc(F)c(F)c1. The number of rotatable bonds is 3. The average molecular weight is 253 g/mol. The Morgan fingerprint density at radius 2 is 1.94 bits per heavy atom. The molecule has 0 unspecified atom stereocenters. The molecular weight excluding hydrogens is 244 g/mol. The van der Waals surface area contributed by atoms with Crippen LogP contribution in [0.4, 0.5) is 8.78 Å². The van der Waals surface area contributed by atoms with Crippen LogP contribution in [-0.2, 0) is 16.6 Å². The topological polar surface area (TPSA) is 30.0 Å². The molecular formula is C12H9F2NOS. The quantitative estimate of drug-likeness (QED) is 0.841. The lowest BCUT2D eigenvalue weighted by molar-refractivity contribution is 0.505. The van der Waals surface area contributed by atoms with Crippen molar-refractivity contribution < 1.29 is 13.0 Å². The molecule has 0 N–H and O–H groups in total. The molecule has 0 radical (unpaired) electrons. The van der Waals surface area contributed by atoms with Crippen molar-refractivity contribution in [3.05, 3.63) is 59.9 Å². The van der Waals surface area contributed by atoms with Gasteiger partial charge in [0.2, 0.25) is 0 Å². The predicted octanol–water partition coefficient (Wildman–Crippen LogP) is 2.67. The molecule has 0 spiro atoms. The molecule has 0 aliphatic rings. The molecule has 0 amide bonds. The van der Waals surface area contributed by atoms with Crippen molar-refractivity contribution in [1.82, 2.24) is 4.98 Å². The summed E-state index contributed by atoms with van der Waals surface area (Å²) in [6, 6.07) is 8.51. The van der Waals surface area contributed by atoms with E-state index in [1.165, 1.54) is 6.07 Å². The van der Waals surface area contributed by atoms with Crippen LogP contribution >= 0.6 is 0 Å². The zero-order valence-electron chi connectivity index (χ0n) is 8.77. The number of hydrogen-bond acceptors (Lipinski definition) is 2. The summed E-state index contributed by atoms with van der Waals surface area (Å²) in [4.78, 5) is 4.28. The highest BCUT2D eigenvalue weighted by Crippen LogP contribution is 2.14. The number of hydrogen-bond donors (Lipinski definition) is 0. The van der Waals surface area contributed by atoms with E-state index in [4.69, 9.17) is 0 Å². The molecule has 2 aromatic rings. The monoisotopic (exact) mass is 253 g/mol. The molecule has 1 aromatic carbocycles. The Balaban J connectivity index is 2.18. The second-order valence-electron chi connectivity index (χ2n) is 3.39. The van der Waals surface area contributed by atoms with Gasteiger partial charge in [0, 0.05) is 11.1 Å². The van der Waals surface area contributed by atoms with E-state index in [9.17, 15) is 13.0 Å². The minimum Gasteiger partial charge on any atom is -0.260 e. The molecule has 0 aliphatic heterocycles. The van der Waals surface area contributed by atoms with Crippen LogP contribution in [0.1, 0.15) is 5.69 Å². The first-order chi connectivity index (χ1) is 8.16. The lowest BCUT2D eigenvalue weighted by Crippen LogP contribution is -1.99. The molecule has 88 valence electrons. The lowest BCUT2D eigenvalue weighted by atomic mass is 10.3. The predicted molar refractivity (Wildman–Crippen MR) is 60.7 cm³/mol. The molecule has 1 atom stereocenters. The van der Waals surface area contributed by atoms with Crippen LogP contribution in [0, 0.1) is 11.6 Å². The lowest BCUT2D eigenvalue weighted by Gasteiger charge is -2.02. The maximum Gasteiger partial charge on any atom is 0.160 e. The highest BCUT2D eigenvalue weighted by atomic mass is 32.2. The van der Waals surface area contributed by atoms with Crippen molar-refractivity contribution >= 4 is 10.8 Å². The normalized spacial score (nSPS) is 12.4. The van der Waals surface area contributed by atoms with Crippen molar-refractivity contribution in [2.24, 2.45) is 0 Å². The Morgan fingerprint density at radius 3 is 2.59 bits per heavy atom. The molecule has 0 saturated carbocycles. The highest BCUT2D eigenvalue weighted by molar-refractivity contribution is 7.84. The van der Waals surface area contributed by atoms with Crippen molar-refractivity contribution in [2.75, 3.05) is 0 Å². The first kappa shape index (κ1) is 11.9. The molecule has 1 aromatic heterocycles. The summed E-state index contributed by atoms with van der Waals surface area (Å²) in [5, 5.41) is 0. The molecule has 17 heavy (non-hydrogen) atoms. The molecule has 0 fully saturated rings. The van der Waals surface area contributed by atoms with Crippen LogP contribution in [0.5, 0.6) is 0 Å². The number of halogens is 2. The third-order valence-electron chi connectivity index (χ3n) is 2.16. The molecule has 0 bridgehead atoms. The van der Waals surface area contributed by atoms with E-state index in [2.05, 4.69) is 4.98 Å². The van der Waals surface area contributed by atoms with Gasteiger partial charge in [-0.3, -0.25) is 9.19 Å². The smallest absolute Gasteiger partial charge is 0.160 e. The summed E-state index contributed by atoms with van der Waals surface area (Å²) in [7, 11) is -1.42. The van der Waals surface area contributed by atoms with Gasteiger partial charge in [-0.15, -0.1) is 0 Å². The highest BCUT2D eigenvalue weighted by Gasteiger charge is 2.09. The zero-order chi connectivity index (χ0) is 12.3. The fourth-order valence-electron chi connectivity index (χ4n) is 1.32. The van der Waals surface area contributed by atoms with E-state index in [-0.39, 0.29) is 10.6 Å². The Hall–Kier alpha value is -1.62. The summed E-state index contributed by atoms with van der Waals surface area (Å²) in [5.74, 6) is -1.74. The molecule has 5 heteroatoms. The zero-order valence-corrected chi connectivity index (χ0v) is 9.58. The van der Waals surface area contributed by atoms with E-state index in [0.717, 1.165) is 12.1 Å². The van der Waals surface area contributed by atoms with Gasteiger partial charge in [0.25, 0.3) is 0 Å². The van der Waals surface area contributed by atoms with Crippen LogP contribution in [0.25, 0.3) is 0 Å². The minimum absolute atomic E-state index is 0.186. The van der Waals surface area contributed by atoms with Gasteiger partial charge in [0.15, 0.2) is 11.6 Å². The number of benzene rings is 1. The van der Waals surface area contributed by atoms with Crippen LogP contribution in [0.15, 0.2) is 47.5 Å². The number of nitrogens with zero attached hydrogens (tertiary/aromatic N) is 1. The van der Waals surface area contributed by atoms with E-state index in [1.54, 1.807) is 24.4 Å². The summed E-state index contributed by atoms with van der Waals surface area (Å²) >= 11 is 0. The van der Waals surface area contributed by atoms with Gasteiger partial charge in [-0.05, 0) is 30.3 Å². The molecule has 0 aliphatic carbocycles. The van der Waals surface area contributed by atoms with Crippen LogP contribution in [-0.4, -0.2) is 9.19 Å². The van der Waals surface area contributed by atoms with Crippen molar-refractivity contribution in [2.45, 2.75) is 10.6 Å². The maximum atomic E-state index is 13.0. The van der Waals surface area contributed by atoms with Gasteiger partial charge < -0.3 is 0 Å². The van der Waals surface area contributed by atoms with Crippen molar-refractivity contribution in [3.8, 4) is 0 Å². The van der Waals surface area contributed by atoms with Crippen LogP contribution in [0.3, 0.4) is 0 Å². The summed E-state index contributed by atoms with van der Waals surface area (Å²) in [5.41, 5.74) is 0.649. The maximum absolute atomic E-state index is 13.0. The van der Waals surface area contributed by atoms with Crippen LogP contribution in [0.2, 0.25) is 0 Å². The first-order valence-corrected chi connectivity index (χ1v) is 6.22. The minimum atomic E-state index is -1.42. The fourth-order valence-corrected chi connectivity index (χ4v) is 2.38. The largest absolute Gasteiger partial charge is 0.260 e. The number of aromatic nitrogens is 1. The van der Waals surface area contributed by atoms with Crippen molar-refractivity contribution in [1.29, 1.82) is 0 Å². The average Bonchev–Trinajstić information content (AvgIpc) is 2.34. The molecule has 2 nitrogen and oxygen atoms in total. The summed E-state index contributed by atoms with van der Waals surface area (Å²) in [6.07, 6.45) is 1.60. The van der Waals surface area contributed by atoms with E-state index < -0.39 is 22.4 Å². The van der Waals surface area contributed by atoms with Crippen LogP contribution < -0.4 is 0 Å². The Labute approximate surface area is 99.8 Å². The van der Waals surface area contributed by atoms with E-state index in [0.29, 0.717) is 5.69 Å². The Bertz CT molecular complexity index is 545. The molecule has 2 rings (SSSR count). The van der Waals surface area contributed by atoms with E-state index >= 15 is 0 Å². The first-order valence-electron chi connectivity index (χ1n) is 4.90.